The second kappa shape index (κ2) is 4.12. The highest BCUT2D eigenvalue weighted by atomic mass is 14.7. The average Bonchev–Trinajstić information content (AvgIpc) is 2.08. The molecular formula is C13H21N. The molecule has 1 nitrogen and oxygen atoms in total. The molecule has 0 radical (unpaired) electrons. The summed E-state index contributed by atoms with van der Waals surface area (Å²) in [5, 5.41) is 0. The van der Waals surface area contributed by atoms with Gasteiger partial charge in [0.25, 0.3) is 0 Å². The van der Waals surface area contributed by atoms with Crippen LogP contribution in [0.5, 0.6) is 0 Å². The Kier molecular flexibility index (Phi) is 3.30. The minimum atomic E-state index is 0.418. The van der Waals surface area contributed by atoms with Gasteiger partial charge in [-0.3, -0.25) is 4.99 Å². The molecule has 1 rings (SSSR count). The first-order valence-corrected chi connectivity index (χ1v) is 5.33. The Balaban J connectivity index is 3.01. The van der Waals surface area contributed by atoms with Crippen LogP contribution in [0.25, 0.3) is 0 Å². The summed E-state index contributed by atoms with van der Waals surface area (Å²) in [4.78, 5) is 4.45. The molecule has 0 spiro atoms. The molecule has 0 saturated carbocycles. The van der Waals surface area contributed by atoms with Crippen LogP contribution in [0.2, 0.25) is 0 Å². The van der Waals surface area contributed by atoms with Crippen molar-refractivity contribution in [2.24, 2.45) is 10.4 Å². The van der Waals surface area contributed by atoms with E-state index in [0.29, 0.717) is 5.41 Å². The van der Waals surface area contributed by atoms with E-state index in [0.717, 1.165) is 12.8 Å². The molecule has 0 aromatic rings. The number of hydrogen-bond donors (Lipinski definition) is 0. The van der Waals surface area contributed by atoms with Crippen molar-refractivity contribution < 1.29 is 0 Å². The first-order chi connectivity index (χ1) is 6.46. The predicted octanol–water partition coefficient (Wildman–Crippen LogP) is 4.12. The largest absolute Gasteiger partial charge is 0.266 e. The highest BCUT2D eigenvalue weighted by molar-refractivity contribution is 5.56. The minimum absolute atomic E-state index is 0.418. The second-order valence-electron chi connectivity index (χ2n) is 4.93. The topological polar surface area (TPSA) is 12.4 Å². The molecule has 1 aliphatic carbocycles. The van der Waals surface area contributed by atoms with E-state index in [1.54, 1.807) is 0 Å². The molecular weight excluding hydrogens is 170 g/mol. The number of aliphatic imine (C=N–C) groups is 1. The van der Waals surface area contributed by atoms with Crippen molar-refractivity contribution in [3.8, 4) is 0 Å². The fourth-order valence-electron chi connectivity index (χ4n) is 1.97. The molecule has 0 fully saturated rings. The molecule has 0 heterocycles. The SMILES string of the molecule is C=C(C)C1=C(N=CC)CCC(C)(C)C1. The van der Waals surface area contributed by atoms with Gasteiger partial charge in [0, 0.05) is 11.9 Å². The van der Waals surface area contributed by atoms with Gasteiger partial charge in [0.15, 0.2) is 0 Å². The van der Waals surface area contributed by atoms with Crippen LogP contribution < -0.4 is 0 Å². The Morgan fingerprint density at radius 3 is 2.64 bits per heavy atom. The van der Waals surface area contributed by atoms with E-state index in [2.05, 4.69) is 32.3 Å². The van der Waals surface area contributed by atoms with Gasteiger partial charge in [-0.05, 0) is 44.1 Å². The highest BCUT2D eigenvalue weighted by Gasteiger charge is 2.26. The zero-order chi connectivity index (χ0) is 10.8. The molecule has 0 aromatic carbocycles. The summed E-state index contributed by atoms with van der Waals surface area (Å²) in [7, 11) is 0. The molecule has 78 valence electrons. The molecule has 0 atom stereocenters. The van der Waals surface area contributed by atoms with Crippen molar-refractivity contribution in [1.29, 1.82) is 0 Å². The first kappa shape index (κ1) is 11.2. The molecule has 1 aliphatic rings. The van der Waals surface area contributed by atoms with Crippen molar-refractivity contribution >= 4 is 6.21 Å². The lowest BCUT2D eigenvalue weighted by atomic mass is 9.74. The highest BCUT2D eigenvalue weighted by Crippen LogP contribution is 2.41. The lowest BCUT2D eigenvalue weighted by Gasteiger charge is -2.32. The van der Waals surface area contributed by atoms with Crippen LogP contribution in [0.15, 0.2) is 28.4 Å². The van der Waals surface area contributed by atoms with Crippen molar-refractivity contribution in [1.82, 2.24) is 0 Å². The molecule has 0 amide bonds. The standard InChI is InChI=1S/C13H21N/c1-6-14-12-7-8-13(4,5)9-11(12)10(2)3/h6H,2,7-9H2,1,3-5H3. The summed E-state index contributed by atoms with van der Waals surface area (Å²) >= 11 is 0. The summed E-state index contributed by atoms with van der Waals surface area (Å²) in [5.74, 6) is 0. The van der Waals surface area contributed by atoms with Gasteiger partial charge in [0.1, 0.15) is 0 Å². The van der Waals surface area contributed by atoms with Crippen LogP contribution in [0.1, 0.15) is 47.0 Å². The van der Waals surface area contributed by atoms with E-state index in [1.807, 2.05) is 13.1 Å². The second-order valence-corrected chi connectivity index (χ2v) is 4.93. The van der Waals surface area contributed by atoms with Gasteiger partial charge in [0.2, 0.25) is 0 Å². The van der Waals surface area contributed by atoms with Crippen LogP contribution in [-0.2, 0) is 0 Å². The van der Waals surface area contributed by atoms with Gasteiger partial charge >= 0.3 is 0 Å². The quantitative estimate of drug-likeness (QED) is 0.582. The monoisotopic (exact) mass is 191 g/mol. The van der Waals surface area contributed by atoms with Gasteiger partial charge in [0.05, 0.1) is 0 Å². The summed E-state index contributed by atoms with van der Waals surface area (Å²) in [5.41, 5.74) is 4.22. The third-order valence-electron chi connectivity index (χ3n) is 2.84. The maximum Gasteiger partial charge on any atom is 0.0434 e. The lowest BCUT2D eigenvalue weighted by Crippen LogP contribution is -2.18. The Morgan fingerprint density at radius 2 is 2.14 bits per heavy atom. The maximum atomic E-state index is 4.45. The zero-order valence-electron chi connectivity index (χ0n) is 9.85. The Labute approximate surface area is 87.6 Å². The van der Waals surface area contributed by atoms with Crippen LogP contribution in [0.3, 0.4) is 0 Å². The van der Waals surface area contributed by atoms with E-state index >= 15 is 0 Å². The van der Waals surface area contributed by atoms with Crippen LogP contribution >= 0.6 is 0 Å². The summed E-state index contributed by atoms with van der Waals surface area (Å²) in [6.07, 6.45) is 5.33. The minimum Gasteiger partial charge on any atom is -0.266 e. The first-order valence-electron chi connectivity index (χ1n) is 5.33. The molecule has 0 aliphatic heterocycles. The third-order valence-corrected chi connectivity index (χ3v) is 2.84. The Morgan fingerprint density at radius 1 is 1.50 bits per heavy atom. The van der Waals surface area contributed by atoms with E-state index in [9.17, 15) is 0 Å². The molecule has 0 N–H and O–H groups in total. The van der Waals surface area contributed by atoms with Gasteiger partial charge in [-0.2, -0.15) is 0 Å². The molecule has 14 heavy (non-hydrogen) atoms. The van der Waals surface area contributed by atoms with E-state index in [4.69, 9.17) is 0 Å². The summed E-state index contributed by atoms with van der Waals surface area (Å²) in [6.45, 7) is 12.7. The van der Waals surface area contributed by atoms with Crippen molar-refractivity contribution in [2.75, 3.05) is 0 Å². The van der Waals surface area contributed by atoms with Gasteiger partial charge in [-0.25, -0.2) is 0 Å². The van der Waals surface area contributed by atoms with Crippen LogP contribution in [0.4, 0.5) is 0 Å². The fraction of sp³-hybridized carbons (Fsp3) is 0.615. The summed E-state index contributed by atoms with van der Waals surface area (Å²) < 4.78 is 0. The van der Waals surface area contributed by atoms with Crippen molar-refractivity contribution in [2.45, 2.75) is 47.0 Å². The lowest BCUT2D eigenvalue weighted by molar-refractivity contribution is 0.315. The number of allylic oxidation sites excluding steroid dienone is 3. The molecule has 0 saturated heterocycles. The average molecular weight is 191 g/mol. The third kappa shape index (κ3) is 2.57. The number of hydrogen-bond acceptors (Lipinski definition) is 1. The smallest absolute Gasteiger partial charge is 0.0434 e. The fourth-order valence-corrected chi connectivity index (χ4v) is 1.97. The number of rotatable bonds is 2. The van der Waals surface area contributed by atoms with Gasteiger partial charge < -0.3 is 0 Å². The van der Waals surface area contributed by atoms with Gasteiger partial charge in [-0.15, -0.1) is 0 Å². The normalized spacial score (nSPS) is 21.7. The Hall–Kier alpha value is -0.850. The van der Waals surface area contributed by atoms with Gasteiger partial charge in [-0.1, -0.05) is 26.0 Å². The molecule has 1 heteroatoms. The molecule has 0 unspecified atom stereocenters. The van der Waals surface area contributed by atoms with Crippen molar-refractivity contribution in [3.05, 3.63) is 23.4 Å². The maximum absolute atomic E-state index is 4.45. The predicted molar refractivity (Wildman–Crippen MR) is 63.6 cm³/mol. The van der Waals surface area contributed by atoms with Crippen LogP contribution in [0, 0.1) is 5.41 Å². The molecule has 0 bridgehead atoms. The van der Waals surface area contributed by atoms with E-state index < -0.39 is 0 Å². The van der Waals surface area contributed by atoms with Crippen molar-refractivity contribution in [3.63, 3.8) is 0 Å². The summed E-state index contributed by atoms with van der Waals surface area (Å²) in [6, 6.07) is 0. The zero-order valence-corrected chi connectivity index (χ0v) is 9.85. The van der Waals surface area contributed by atoms with Crippen LogP contribution in [-0.4, -0.2) is 6.21 Å². The van der Waals surface area contributed by atoms with E-state index in [-0.39, 0.29) is 0 Å². The Bertz CT molecular complexity index is 292. The van der Waals surface area contributed by atoms with E-state index in [1.165, 1.54) is 23.3 Å². The molecule has 0 aromatic heterocycles. The number of nitrogens with zero attached hydrogens (tertiary/aromatic N) is 1.